The first-order valence-electron chi connectivity index (χ1n) is 10.6. The summed E-state index contributed by atoms with van der Waals surface area (Å²) in [6.45, 7) is 4.44. The molecule has 2 aromatic carbocycles. The Morgan fingerprint density at radius 3 is 2.45 bits per heavy atom. The van der Waals surface area contributed by atoms with Crippen LogP contribution in [0.15, 0.2) is 41.3 Å². The minimum atomic E-state index is -3.62. The largest absolute Gasteiger partial charge is 0.454 e. The summed E-state index contributed by atoms with van der Waals surface area (Å²) in [6, 6.07) is 10.3. The van der Waals surface area contributed by atoms with E-state index in [1.165, 1.54) is 32.3 Å². The summed E-state index contributed by atoms with van der Waals surface area (Å²) >= 11 is 6.18. The number of rotatable bonds is 7. The zero-order valence-corrected chi connectivity index (χ0v) is 20.2. The highest BCUT2D eigenvalue weighted by molar-refractivity contribution is 7.89. The van der Waals surface area contributed by atoms with E-state index in [1.54, 1.807) is 0 Å². The molecule has 0 spiro atoms. The van der Waals surface area contributed by atoms with Gasteiger partial charge in [-0.2, -0.15) is 0 Å². The number of sulfonamides is 1. The minimum absolute atomic E-state index is 0.0735. The van der Waals surface area contributed by atoms with Crippen molar-refractivity contribution in [1.29, 1.82) is 0 Å². The number of anilines is 1. The van der Waals surface area contributed by atoms with E-state index in [1.807, 2.05) is 18.2 Å². The van der Waals surface area contributed by atoms with E-state index < -0.39 is 10.0 Å². The van der Waals surface area contributed by atoms with Gasteiger partial charge < -0.3 is 14.8 Å². The van der Waals surface area contributed by atoms with Crippen molar-refractivity contribution < 1.29 is 22.7 Å². The fourth-order valence-electron chi connectivity index (χ4n) is 3.77. The SMILES string of the molecule is CN(C)S(=O)(=O)c1ccc(Cl)c(NC(=O)CN2CCN(Cc3ccc4c(c3)OCO4)CC2)c1. The quantitative estimate of drug-likeness (QED) is 0.630. The number of hydrogen-bond donors (Lipinski definition) is 1. The molecule has 0 aliphatic carbocycles. The van der Waals surface area contributed by atoms with Gasteiger partial charge in [0.15, 0.2) is 11.5 Å². The molecule has 1 N–H and O–H groups in total. The predicted molar refractivity (Wildman–Crippen MR) is 125 cm³/mol. The minimum Gasteiger partial charge on any atom is -0.454 e. The maximum absolute atomic E-state index is 12.6. The van der Waals surface area contributed by atoms with E-state index >= 15 is 0 Å². The number of nitrogens with one attached hydrogen (secondary N) is 1. The lowest BCUT2D eigenvalue weighted by molar-refractivity contribution is -0.117. The normalized spacial score (nSPS) is 16.8. The third-order valence-corrected chi connectivity index (χ3v) is 7.81. The second kappa shape index (κ2) is 9.86. The third kappa shape index (κ3) is 5.59. The van der Waals surface area contributed by atoms with Gasteiger partial charge in [-0.1, -0.05) is 17.7 Å². The van der Waals surface area contributed by atoms with Gasteiger partial charge in [-0.3, -0.25) is 14.6 Å². The van der Waals surface area contributed by atoms with Crippen LogP contribution in [0, 0.1) is 0 Å². The molecule has 1 fully saturated rings. The van der Waals surface area contributed by atoms with Gasteiger partial charge in [-0.15, -0.1) is 0 Å². The van der Waals surface area contributed by atoms with Crippen molar-refractivity contribution in [1.82, 2.24) is 14.1 Å². The van der Waals surface area contributed by atoms with E-state index in [0.29, 0.717) is 0 Å². The van der Waals surface area contributed by atoms with Crippen molar-refractivity contribution in [2.75, 3.05) is 58.9 Å². The monoisotopic (exact) mass is 494 g/mol. The van der Waals surface area contributed by atoms with Crippen molar-refractivity contribution in [3.8, 4) is 11.5 Å². The van der Waals surface area contributed by atoms with Gasteiger partial charge in [0.1, 0.15) is 0 Å². The number of fused-ring (bicyclic) bond motifs is 1. The lowest BCUT2D eigenvalue weighted by atomic mass is 10.1. The van der Waals surface area contributed by atoms with E-state index in [-0.39, 0.29) is 34.9 Å². The highest BCUT2D eigenvalue weighted by Gasteiger charge is 2.22. The Morgan fingerprint density at radius 1 is 1.03 bits per heavy atom. The highest BCUT2D eigenvalue weighted by atomic mass is 35.5. The van der Waals surface area contributed by atoms with Crippen LogP contribution in [-0.4, -0.2) is 82.0 Å². The Kier molecular flexibility index (Phi) is 7.10. The third-order valence-electron chi connectivity index (χ3n) is 5.67. The van der Waals surface area contributed by atoms with Crippen LogP contribution >= 0.6 is 11.6 Å². The summed E-state index contributed by atoms with van der Waals surface area (Å²) in [5, 5.41) is 3.04. The van der Waals surface area contributed by atoms with Crippen LogP contribution in [0.4, 0.5) is 5.69 Å². The first kappa shape index (κ1) is 23.8. The molecule has 11 heteroatoms. The van der Waals surface area contributed by atoms with Gasteiger partial charge in [-0.05, 0) is 35.9 Å². The number of hydrogen-bond acceptors (Lipinski definition) is 7. The average Bonchev–Trinajstić information content (AvgIpc) is 3.24. The zero-order chi connectivity index (χ0) is 23.6. The topological polar surface area (TPSA) is 91.4 Å². The Hall–Kier alpha value is -2.37. The van der Waals surface area contributed by atoms with Crippen molar-refractivity contribution in [2.45, 2.75) is 11.4 Å². The van der Waals surface area contributed by atoms with Crippen LogP contribution in [0.25, 0.3) is 0 Å². The maximum atomic E-state index is 12.6. The van der Waals surface area contributed by atoms with Crippen molar-refractivity contribution in [3.05, 3.63) is 47.0 Å². The number of carbonyl (C=O) groups excluding carboxylic acids is 1. The van der Waals surface area contributed by atoms with E-state index in [0.717, 1.165) is 54.1 Å². The summed E-state index contributed by atoms with van der Waals surface area (Å²) in [4.78, 5) is 17.1. The number of halogens is 1. The molecule has 0 unspecified atom stereocenters. The fourth-order valence-corrected chi connectivity index (χ4v) is 4.86. The second-order valence-electron chi connectivity index (χ2n) is 8.22. The van der Waals surface area contributed by atoms with Crippen molar-refractivity contribution in [2.24, 2.45) is 0 Å². The number of carbonyl (C=O) groups is 1. The molecule has 4 rings (SSSR count). The summed E-state index contributed by atoms with van der Waals surface area (Å²) in [7, 11) is -0.716. The molecule has 0 saturated carbocycles. The molecule has 178 valence electrons. The molecule has 9 nitrogen and oxygen atoms in total. The summed E-state index contributed by atoms with van der Waals surface area (Å²) in [5.41, 5.74) is 1.44. The first-order chi connectivity index (χ1) is 15.7. The Labute approximate surface area is 198 Å². The fraction of sp³-hybridized carbons (Fsp3) is 0.409. The smallest absolute Gasteiger partial charge is 0.242 e. The van der Waals surface area contributed by atoms with Gasteiger partial charge in [-0.25, -0.2) is 12.7 Å². The molecule has 2 aliphatic heterocycles. The van der Waals surface area contributed by atoms with Crippen molar-refractivity contribution in [3.63, 3.8) is 0 Å². The van der Waals surface area contributed by atoms with Gasteiger partial charge in [0.2, 0.25) is 22.7 Å². The molecule has 2 aliphatic rings. The number of amides is 1. The van der Waals surface area contributed by atoms with E-state index in [4.69, 9.17) is 21.1 Å². The number of piperazine rings is 1. The maximum Gasteiger partial charge on any atom is 0.242 e. The molecule has 33 heavy (non-hydrogen) atoms. The molecular weight excluding hydrogens is 468 g/mol. The molecule has 0 bridgehead atoms. The van der Waals surface area contributed by atoms with Crippen LogP contribution in [-0.2, 0) is 21.4 Å². The van der Waals surface area contributed by atoms with Gasteiger partial charge in [0.25, 0.3) is 0 Å². The second-order valence-corrected chi connectivity index (χ2v) is 10.8. The number of nitrogens with zero attached hydrogens (tertiary/aromatic N) is 3. The molecule has 2 heterocycles. The zero-order valence-electron chi connectivity index (χ0n) is 18.6. The van der Waals surface area contributed by atoms with Crippen molar-refractivity contribution >= 4 is 33.2 Å². The highest BCUT2D eigenvalue weighted by Crippen LogP contribution is 2.33. The first-order valence-corrected chi connectivity index (χ1v) is 12.4. The molecule has 2 aromatic rings. The van der Waals surface area contributed by atoms with Crippen LogP contribution in [0.5, 0.6) is 11.5 Å². The van der Waals surface area contributed by atoms with Crippen LogP contribution < -0.4 is 14.8 Å². The van der Waals surface area contributed by atoms with E-state index in [9.17, 15) is 13.2 Å². The van der Waals surface area contributed by atoms with Crippen LogP contribution in [0.1, 0.15) is 5.56 Å². The summed E-state index contributed by atoms with van der Waals surface area (Å²) in [5.74, 6) is 1.32. The summed E-state index contributed by atoms with van der Waals surface area (Å²) < 4.78 is 36.6. The van der Waals surface area contributed by atoms with Gasteiger partial charge in [0, 0.05) is 46.8 Å². The molecule has 1 saturated heterocycles. The number of ether oxygens (including phenoxy) is 2. The molecule has 0 aromatic heterocycles. The molecular formula is C22H27ClN4O5S. The molecule has 1 amide bonds. The average molecular weight is 495 g/mol. The predicted octanol–water partition coefficient (Wildman–Crippen LogP) is 2.08. The molecule has 0 radical (unpaired) electrons. The molecule has 0 atom stereocenters. The summed E-state index contributed by atoms with van der Waals surface area (Å²) in [6.07, 6.45) is 0. The van der Waals surface area contributed by atoms with Gasteiger partial charge in [0.05, 0.1) is 22.2 Å². The number of benzene rings is 2. The van der Waals surface area contributed by atoms with Gasteiger partial charge >= 0.3 is 0 Å². The Bertz CT molecular complexity index is 1130. The lowest BCUT2D eigenvalue weighted by Crippen LogP contribution is -2.48. The van der Waals surface area contributed by atoms with Crippen LogP contribution in [0.2, 0.25) is 5.02 Å². The standard InChI is InChI=1S/C22H27ClN4O5S/c1-25(2)33(29,30)17-4-5-18(23)19(12-17)24-22(28)14-27-9-7-26(8-10-27)13-16-3-6-20-21(11-16)32-15-31-20/h3-6,11-12H,7-10,13-15H2,1-2H3,(H,24,28). The lowest BCUT2D eigenvalue weighted by Gasteiger charge is -2.34. The van der Waals surface area contributed by atoms with Crippen LogP contribution in [0.3, 0.4) is 0 Å². The Balaban J connectivity index is 1.29. The Morgan fingerprint density at radius 2 is 1.73 bits per heavy atom. The van der Waals surface area contributed by atoms with E-state index in [2.05, 4.69) is 15.1 Å².